The van der Waals surface area contributed by atoms with Crippen molar-refractivity contribution in [3.8, 4) is 28.3 Å². The molecule has 1 amide bonds. The second-order valence-electron chi connectivity index (χ2n) is 8.27. The van der Waals surface area contributed by atoms with Crippen LogP contribution in [0.3, 0.4) is 0 Å². The highest BCUT2D eigenvalue weighted by Crippen LogP contribution is 2.38. The summed E-state index contributed by atoms with van der Waals surface area (Å²) in [5, 5.41) is 39.1. The highest BCUT2D eigenvalue weighted by Gasteiger charge is 2.35. The van der Waals surface area contributed by atoms with Crippen molar-refractivity contribution in [1.82, 2.24) is 20.6 Å². The number of hydrogen-bond acceptors (Lipinski definition) is 8. The fourth-order valence-corrected chi connectivity index (χ4v) is 3.81. The molecule has 0 fully saturated rings. The third-order valence-electron chi connectivity index (χ3n) is 5.90. The smallest absolute Gasteiger partial charge is 0.280 e. The summed E-state index contributed by atoms with van der Waals surface area (Å²) in [5.41, 5.74) is 5.72. The lowest BCUT2D eigenvalue weighted by atomic mass is 10.0. The molecule has 2 N–H and O–H groups in total. The number of aromatic amines is 1. The van der Waals surface area contributed by atoms with E-state index in [4.69, 9.17) is 0 Å². The van der Waals surface area contributed by atoms with Gasteiger partial charge in [-0.2, -0.15) is 25.6 Å². The predicted molar refractivity (Wildman–Crippen MR) is 132 cm³/mol. The molecule has 2 heterocycles. The maximum absolute atomic E-state index is 13.0. The first-order chi connectivity index (χ1) is 16.9. The van der Waals surface area contributed by atoms with Gasteiger partial charge in [-0.05, 0) is 66.9 Å². The van der Waals surface area contributed by atoms with Gasteiger partial charge in [-0.1, -0.05) is 36.4 Å². The normalized spacial score (nSPS) is 15.7. The van der Waals surface area contributed by atoms with E-state index in [-0.39, 0.29) is 17.3 Å². The number of phenols is 1. The molecular weight excluding hydrogens is 444 g/mol. The zero-order valence-electron chi connectivity index (χ0n) is 19.3. The Balaban J connectivity index is 1.41. The van der Waals surface area contributed by atoms with Crippen LogP contribution in [0.2, 0.25) is 0 Å². The quantitative estimate of drug-likeness (QED) is 0.410. The third-order valence-corrected chi connectivity index (χ3v) is 5.90. The Morgan fingerprint density at radius 3 is 2.54 bits per heavy atom. The van der Waals surface area contributed by atoms with Crippen molar-refractivity contribution >= 4 is 23.0 Å². The van der Waals surface area contributed by atoms with Crippen molar-refractivity contribution in [2.24, 2.45) is 15.3 Å². The van der Waals surface area contributed by atoms with Gasteiger partial charge in [0.25, 0.3) is 5.91 Å². The van der Waals surface area contributed by atoms with Gasteiger partial charge in [0.05, 0.1) is 11.4 Å². The highest BCUT2D eigenvalue weighted by molar-refractivity contribution is 6.18. The number of hydrazone groups is 1. The Bertz CT molecular complexity index is 1480. The van der Waals surface area contributed by atoms with Gasteiger partial charge in [0.1, 0.15) is 5.69 Å². The van der Waals surface area contributed by atoms with Crippen LogP contribution < -0.4 is 5.01 Å². The first-order valence-corrected chi connectivity index (χ1v) is 11.0. The molecule has 0 aliphatic carbocycles. The SMILES string of the molecule is CC1=NN(c2ccc(C)c(C)c2)C(=O)C1N=Nc1cccc(-c2cccc(-c3nn[nH]n3)c2)c1O. The number of aromatic nitrogens is 4. The van der Waals surface area contributed by atoms with Crippen molar-refractivity contribution in [1.29, 1.82) is 0 Å². The van der Waals surface area contributed by atoms with Crippen LogP contribution in [0.15, 0.2) is 76.0 Å². The summed E-state index contributed by atoms with van der Waals surface area (Å²) in [5.74, 6) is 0.107. The van der Waals surface area contributed by atoms with Crippen molar-refractivity contribution in [2.45, 2.75) is 26.8 Å². The van der Waals surface area contributed by atoms with Gasteiger partial charge >= 0.3 is 0 Å². The van der Waals surface area contributed by atoms with E-state index < -0.39 is 6.04 Å². The average molecular weight is 467 g/mol. The molecule has 1 atom stereocenters. The van der Waals surface area contributed by atoms with Crippen molar-refractivity contribution in [3.05, 3.63) is 71.8 Å². The summed E-state index contributed by atoms with van der Waals surface area (Å²) < 4.78 is 0. The van der Waals surface area contributed by atoms with E-state index in [9.17, 15) is 9.90 Å². The number of anilines is 1. The zero-order valence-corrected chi connectivity index (χ0v) is 19.3. The molecule has 35 heavy (non-hydrogen) atoms. The predicted octanol–water partition coefficient (Wildman–Crippen LogP) is 4.73. The molecule has 0 bridgehead atoms. The number of azo groups is 1. The number of hydrogen-bond donors (Lipinski definition) is 2. The number of para-hydroxylation sites is 1. The number of aromatic hydroxyl groups is 1. The van der Waals surface area contributed by atoms with Crippen LogP contribution in [0, 0.1) is 13.8 Å². The number of H-pyrrole nitrogens is 1. The van der Waals surface area contributed by atoms with Gasteiger partial charge in [-0.25, -0.2) is 0 Å². The molecule has 1 aliphatic heterocycles. The van der Waals surface area contributed by atoms with Crippen LogP contribution in [0.25, 0.3) is 22.5 Å². The standard InChI is InChI=1S/C25H22N8O2/c1-14-10-11-19(12-15(14)2)33-25(35)22(16(3)30-33)27-26-21-9-5-8-20(23(21)34)17-6-4-7-18(13-17)24-28-31-32-29-24/h4-13,22,34H,1-3H3,(H,28,29,31,32). The number of rotatable bonds is 5. The molecule has 174 valence electrons. The van der Waals surface area contributed by atoms with Crippen LogP contribution in [0.1, 0.15) is 18.1 Å². The molecule has 1 aromatic heterocycles. The molecule has 3 aromatic carbocycles. The third kappa shape index (κ3) is 4.17. The first kappa shape index (κ1) is 22.1. The second kappa shape index (κ2) is 8.90. The molecule has 5 rings (SSSR count). The minimum atomic E-state index is -0.860. The van der Waals surface area contributed by atoms with Gasteiger partial charge in [-0.15, -0.1) is 10.2 Å². The zero-order chi connectivity index (χ0) is 24.5. The molecule has 0 radical (unpaired) electrons. The number of carbonyl (C=O) groups is 1. The Morgan fingerprint density at radius 2 is 1.77 bits per heavy atom. The Morgan fingerprint density at radius 1 is 0.971 bits per heavy atom. The van der Waals surface area contributed by atoms with E-state index in [2.05, 4.69) is 36.0 Å². The molecule has 10 heteroatoms. The molecular formula is C25H22N8O2. The fourth-order valence-electron chi connectivity index (χ4n) is 3.81. The largest absolute Gasteiger partial charge is 0.505 e. The van der Waals surface area contributed by atoms with Crippen LogP contribution in [-0.4, -0.2) is 43.4 Å². The Hall–Kier alpha value is -4.73. The van der Waals surface area contributed by atoms with Gasteiger partial charge in [-0.3, -0.25) is 4.79 Å². The number of nitrogens with one attached hydrogen (secondary N) is 1. The monoisotopic (exact) mass is 466 g/mol. The number of nitrogens with zero attached hydrogens (tertiary/aromatic N) is 7. The minimum absolute atomic E-state index is 0.0486. The van der Waals surface area contributed by atoms with Crippen LogP contribution >= 0.6 is 0 Å². The molecule has 4 aromatic rings. The van der Waals surface area contributed by atoms with E-state index >= 15 is 0 Å². The molecule has 1 unspecified atom stereocenters. The Kier molecular flexibility index (Phi) is 5.61. The lowest BCUT2D eigenvalue weighted by Crippen LogP contribution is -2.29. The summed E-state index contributed by atoms with van der Waals surface area (Å²) in [6.45, 7) is 5.74. The van der Waals surface area contributed by atoms with Crippen LogP contribution in [-0.2, 0) is 4.79 Å². The number of benzene rings is 3. The topological polar surface area (TPSA) is 132 Å². The van der Waals surface area contributed by atoms with E-state index in [1.165, 1.54) is 5.01 Å². The highest BCUT2D eigenvalue weighted by atomic mass is 16.3. The van der Waals surface area contributed by atoms with Crippen molar-refractivity contribution in [2.75, 3.05) is 5.01 Å². The summed E-state index contributed by atoms with van der Waals surface area (Å²) in [7, 11) is 0. The number of phenolic OH excluding ortho intramolecular Hbond substituents is 1. The van der Waals surface area contributed by atoms with Gasteiger partial charge in [0.2, 0.25) is 5.82 Å². The van der Waals surface area contributed by atoms with Gasteiger partial charge in [0, 0.05) is 11.1 Å². The molecule has 0 spiro atoms. The molecule has 0 saturated carbocycles. The van der Waals surface area contributed by atoms with Crippen LogP contribution in [0.4, 0.5) is 11.4 Å². The maximum Gasteiger partial charge on any atom is 0.280 e. The lowest BCUT2D eigenvalue weighted by molar-refractivity contribution is -0.117. The van der Waals surface area contributed by atoms with Crippen molar-refractivity contribution in [3.63, 3.8) is 0 Å². The van der Waals surface area contributed by atoms with Crippen molar-refractivity contribution < 1.29 is 9.90 Å². The summed E-state index contributed by atoms with van der Waals surface area (Å²) in [4.78, 5) is 13.0. The van der Waals surface area contributed by atoms with E-state index in [1.54, 1.807) is 25.1 Å². The number of amides is 1. The minimum Gasteiger partial charge on any atom is -0.505 e. The van der Waals surface area contributed by atoms with E-state index in [0.717, 1.165) is 22.3 Å². The number of carbonyl (C=O) groups excluding carboxylic acids is 1. The summed E-state index contributed by atoms with van der Waals surface area (Å²) >= 11 is 0. The van der Waals surface area contributed by atoms with Gasteiger partial charge in [0.15, 0.2) is 11.8 Å². The van der Waals surface area contributed by atoms with E-state index in [1.807, 2.05) is 56.3 Å². The number of tetrazole rings is 1. The first-order valence-electron chi connectivity index (χ1n) is 11.0. The summed E-state index contributed by atoms with van der Waals surface area (Å²) in [6.07, 6.45) is 0. The molecule has 10 nitrogen and oxygen atoms in total. The molecule has 0 saturated heterocycles. The second-order valence-corrected chi connectivity index (χ2v) is 8.27. The van der Waals surface area contributed by atoms with E-state index in [0.29, 0.717) is 22.8 Å². The summed E-state index contributed by atoms with van der Waals surface area (Å²) in [6, 6.07) is 17.4. The van der Waals surface area contributed by atoms with Gasteiger partial charge < -0.3 is 5.11 Å². The number of aryl methyl sites for hydroxylation is 2. The lowest BCUT2D eigenvalue weighted by Gasteiger charge is -2.14. The average Bonchev–Trinajstić information content (AvgIpc) is 3.49. The molecule has 1 aliphatic rings. The maximum atomic E-state index is 13.0. The Labute approximate surface area is 201 Å². The fraction of sp³-hybridized carbons (Fsp3) is 0.160. The van der Waals surface area contributed by atoms with Crippen LogP contribution in [0.5, 0.6) is 5.75 Å².